The maximum Gasteiger partial charge on any atom is 0.306 e. The van der Waals surface area contributed by atoms with Crippen molar-refractivity contribution in [2.45, 2.75) is 39.5 Å². The predicted molar refractivity (Wildman–Crippen MR) is 112 cm³/mol. The lowest BCUT2D eigenvalue weighted by Crippen LogP contribution is -2.23. The Morgan fingerprint density at radius 2 is 2.04 bits per heavy atom. The van der Waals surface area contributed by atoms with E-state index in [2.05, 4.69) is 20.3 Å². The number of esters is 1. The van der Waals surface area contributed by atoms with E-state index in [9.17, 15) is 4.79 Å². The lowest BCUT2D eigenvalue weighted by molar-refractivity contribution is -0.144. The molecule has 3 aromatic rings. The molecule has 0 saturated heterocycles. The molecule has 0 aliphatic carbocycles. The Balaban J connectivity index is 1.78. The van der Waals surface area contributed by atoms with Gasteiger partial charge in [0.25, 0.3) is 0 Å². The van der Waals surface area contributed by atoms with Crippen LogP contribution in [0.3, 0.4) is 0 Å². The molecule has 3 heterocycles. The SMILES string of the molecule is CCOC(=O)CC(C)(C)c1ncc(-c2cccc(Nc3cc(C)ccn3)n2)s1. The summed E-state index contributed by atoms with van der Waals surface area (Å²) in [6.07, 6.45) is 3.87. The molecular weight excluding hydrogens is 372 g/mol. The fourth-order valence-corrected chi connectivity index (χ4v) is 3.72. The summed E-state index contributed by atoms with van der Waals surface area (Å²) in [5.41, 5.74) is 1.56. The summed E-state index contributed by atoms with van der Waals surface area (Å²) in [4.78, 5) is 26.4. The Morgan fingerprint density at radius 1 is 1.21 bits per heavy atom. The van der Waals surface area contributed by atoms with E-state index in [0.717, 1.165) is 32.8 Å². The van der Waals surface area contributed by atoms with Gasteiger partial charge in [-0.1, -0.05) is 19.9 Å². The third kappa shape index (κ3) is 4.92. The van der Waals surface area contributed by atoms with Gasteiger partial charge in [-0.05, 0) is 43.7 Å². The van der Waals surface area contributed by atoms with Crippen molar-refractivity contribution in [1.82, 2.24) is 15.0 Å². The van der Waals surface area contributed by atoms with E-state index in [4.69, 9.17) is 4.74 Å². The number of anilines is 2. The first-order valence-electron chi connectivity index (χ1n) is 9.16. The van der Waals surface area contributed by atoms with Gasteiger partial charge in [0.05, 0.1) is 28.6 Å². The molecule has 6 nitrogen and oxygen atoms in total. The summed E-state index contributed by atoms with van der Waals surface area (Å²) in [5.74, 6) is 1.26. The van der Waals surface area contributed by atoms with Crippen LogP contribution in [0, 0.1) is 6.92 Å². The Morgan fingerprint density at radius 3 is 2.79 bits per heavy atom. The quantitative estimate of drug-likeness (QED) is 0.573. The first kappa shape index (κ1) is 19.9. The second kappa shape index (κ2) is 8.48. The van der Waals surface area contributed by atoms with Gasteiger partial charge in [-0.2, -0.15) is 0 Å². The smallest absolute Gasteiger partial charge is 0.306 e. The summed E-state index contributed by atoms with van der Waals surface area (Å²) in [5, 5.41) is 4.12. The van der Waals surface area contributed by atoms with Gasteiger partial charge in [0.15, 0.2) is 0 Å². The molecule has 0 unspecified atom stereocenters. The number of aromatic nitrogens is 3. The summed E-state index contributed by atoms with van der Waals surface area (Å²) in [7, 11) is 0. The highest BCUT2D eigenvalue weighted by atomic mass is 32.1. The third-order valence-corrected chi connectivity index (χ3v) is 5.54. The molecule has 0 atom stereocenters. The van der Waals surface area contributed by atoms with Crippen molar-refractivity contribution in [2.24, 2.45) is 0 Å². The van der Waals surface area contributed by atoms with Crippen molar-refractivity contribution in [3.63, 3.8) is 0 Å². The minimum absolute atomic E-state index is 0.209. The number of rotatable bonds is 7. The molecule has 0 aliphatic rings. The number of thiazole rings is 1. The number of ether oxygens (including phenoxy) is 1. The van der Waals surface area contributed by atoms with Crippen molar-refractivity contribution >= 4 is 28.9 Å². The fourth-order valence-electron chi connectivity index (χ4n) is 2.73. The maximum absolute atomic E-state index is 11.9. The van der Waals surface area contributed by atoms with Crippen LogP contribution in [0.25, 0.3) is 10.6 Å². The summed E-state index contributed by atoms with van der Waals surface area (Å²) in [6, 6.07) is 9.72. The number of pyridine rings is 2. The fraction of sp³-hybridized carbons (Fsp3) is 0.333. The second-order valence-corrected chi connectivity index (χ2v) is 8.18. The van der Waals surface area contributed by atoms with Gasteiger partial charge < -0.3 is 10.1 Å². The van der Waals surface area contributed by atoms with Crippen LogP contribution in [0.15, 0.2) is 42.7 Å². The van der Waals surface area contributed by atoms with Gasteiger partial charge in [0, 0.05) is 17.8 Å². The molecule has 3 aromatic heterocycles. The standard InChI is InChI=1S/C21H24N4O2S/c1-5-27-19(26)12-21(3,4)20-23-13-16(28-20)15-7-6-8-17(24-15)25-18-11-14(2)9-10-22-18/h6-11,13H,5,12H2,1-4H3,(H,22,24,25). The Bertz CT molecular complexity index is 968. The average molecular weight is 397 g/mol. The topological polar surface area (TPSA) is 77.0 Å². The van der Waals surface area contributed by atoms with E-state index in [-0.39, 0.29) is 5.97 Å². The summed E-state index contributed by atoms with van der Waals surface area (Å²) < 4.78 is 5.08. The molecule has 0 bridgehead atoms. The highest BCUT2D eigenvalue weighted by Crippen LogP contribution is 2.35. The van der Waals surface area contributed by atoms with Crippen molar-refractivity contribution < 1.29 is 9.53 Å². The lowest BCUT2D eigenvalue weighted by atomic mass is 9.90. The van der Waals surface area contributed by atoms with Crippen molar-refractivity contribution in [3.05, 3.63) is 53.3 Å². The number of nitrogens with zero attached hydrogens (tertiary/aromatic N) is 3. The van der Waals surface area contributed by atoms with Gasteiger partial charge in [0.2, 0.25) is 0 Å². The first-order chi connectivity index (χ1) is 13.4. The number of carbonyl (C=O) groups is 1. The van der Waals surface area contributed by atoms with Crippen molar-refractivity contribution in [1.29, 1.82) is 0 Å². The molecule has 1 N–H and O–H groups in total. The van der Waals surface area contributed by atoms with E-state index in [1.165, 1.54) is 0 Å². The molecule has 0 fully saturated rings. The number of nitrogens with one attached hydrogen (secondary N) is 1. The zero-order valence-electron chi connectivity index (χ0n) is 16.5. The minimum atomic E-state index is -0.392. The highest BCUT2D eigenvalue weighted by Gasteiger charge is 2.28. The second-order valence-electron chi connectivity index (χ2n) is 7.15. The molecule has 28 heavy (non-hydrogen) atoms. The molecule has 0 aliphatic heterocycles. The zero-order chi connectivity index (χ0) is 20.1. The Hall–Kier alpha value is -2.80. The number of aryl methyl sites for hydroxylation is 1. The van der Waals surface area contributed by atoms with Gasteiger partial charge in [-0.3, -0.25) is 4.79 Å². The number of hydrogen-bond acceptors (Lipinski definition) is 7. The van der Waals surface area contributed by atoms with Gasteiger partial charge >= 0.3 is 5.97 Å². The Kier molecular flexibility index (Phi) is 6.04. The van der Waals surface area contributed by atoms with Crippen LogP contribution >= 0.6 is 11.3 Å². The highest BCUT2D eigenvalue weighted by molar-refractivity contribution is 7.15. The molecular formula is C21H24N4O2S. The predicted octanol–water partition coefficient (Wildman–Crippen LogP) is 4.88. The van der Waals surface area contributed by atoms with Crippen molar-refractivity contribution in [3.8, 4) is 10.6 Å². The molecule has 0 saturated carbocycles. The molecule has 146 valence electrons. The van der Waals surface area contributed by atoms with Gasteiger partial charge in [-0.15, -0.1) is 11.3 Å². The monoisotopic (exact) mass is 396 g/mol. The molecule has 3 rings (SSSR count). The molecule has 0 radical (unpaired) electrons. The van der Waals surface area contributed by atoms with Crippen LogP contribution in [0.4, 0.5) is 11.6 Å². The first-order valence-corrected chi connectivity index (χ1v) is 9.98. The molecule has 0 aromatic carbocycles. The van der Waals surface area contributed by atoms with Crippen LogP contribution in [-0.2, 0) is 14.9 Å². The summed E-state index contributed by atoms with van der Waals surface area (Å²) in [6.45, 7) is 8.22. The average Bonchev–Trinajstić information content (AvgIpc) is 3.13. The van der Waals surface area contributed by atoms with Gasteiger partial charge in [-0.25, -0.2) is 15.0 Å². The normalized spacial score (nSPS) is 11.3. The van der Waals surface area contributed by atoms with Crippen LogP contribution < -0.4 is 5.32 Å². The Labute approximate surface area is 169 Å². The van der Waals surface area contributed by atoms with Gasteiger partial charge in [0.1, 0.15) is 11.6 Å². The minimum Gasteiger partial charge on any atom is -0.466 e. The maximum atomic E-state index is 11.9. The van der Waals surface area contributed by atoms with E-state index in [1.54, 1.807) is 17.5 Å². The summed E-state index contributed by atoms with van der Waals surface area (Å²) >= 11 is 1.55. The zero-order valence-corrected chi connectivity index (χ0v) is 17.3. The molecule has 0 spiro atoms. The van der Waals surface area contributed by atoms with E-state index < -0.39 is 5.41 Å². The van der Waals surface area contributed by atoms with E-state index in [1.807, 2.05) is 64.2 Å². The van der Waals surface area contributed by atoms with Crippen LogP contribution in [0.1, 0.15) is 37.8 Å². The largest absolute Gasteiger partial charge is 0.466 e. The van der Waals surface area contributed by atoms with E-state index in [0.29, 0.717) is 13.0 Å². The van der Waals surface area contributed by atoms with Crippen LogP contribution in [0.2, 0.25) is 0 Å². The number of carbonyl (C=O) groups excluding carboxylic acids is 1. The van der Waals surface area contributed by atoms with Crippen LogP contribution in [0.5, 0.6) is 0 Å². The van der Waals surface area contributed by atoms with Crippen molar-refractivity contribution in [2.75, 3.05) is 11.9 Å². The molecule has 0 amide bonds. The van der Waals surface area contributed by atoms with Crippen LogP contribution in [-0.4, -0.2) is 27.5 Å². The lowest BCUT2D eigenvalue weighted by Gasteiger charge is -2.20. The number of hydrogen-bond donors (Lipinski definition) is 1. The van der Waals surface area contributed by atoms with E-state index >= 15 is 0 Å². The third-order valence-electron chi connectivity index (χ3n) is 4.15. The molecule has 7 heteroatoms.